The molecule has 1 N–H and O–H groups in total. The molecular formula is C16H24FN. The lowest BCUT2D eigenvalue weighted by molar-refractivity contribution is 0.177. The van der Waals surface area contributed by atoms with E-state index in [0.29, 0.717) is 17.4 Å². The first-order valence-corrected chi connectivity index (χ1v) is 6.90. The Morgan fingerprint density at radius 1 is 1.33 bits per heavy atom. The third-order valence-electron chi connectivity index (χ3n) is 4.22. The molecule has 2 heteroatoms. The fourth-order valence-electron chi connectivity index (χ4n) is 3.15. The quantitative estimate of drug-likeness (QED) is 0.796. The van der Waals surface area contributed by atoms with Crippen LogP contribution in [0, 0.1) is 24.1 Å². The van der Waals surface area contributed by atoms with Crippen molar-refractivity contribution in [3.8, 4) is 0 Å². The van der Waals surface area contributed by atoms with Crippen LogP contribution in [0.2, 0.25) is 0 Å². The molecule has 2 unspecified atom stereocenters. The van der Waals surface area contributed by atoms with Crippen LogP contribution in [-0.4, -0.2) is 6.04 Å². The summed E-state index contributed by atoms with van der Waals surface area (Å²) < 4.78 is 13.1. The van der Waals surface area contributed by atoms with E-state index in [4.69, 9.17) is 0 Å². The van der Waals surface area contributed by atoms with Gasteiger partial charge < -0.3 is 5.32 Å². The molecule has 0 spiro atoms. The summed E-state index contributed by atoms with van der Waals surface area (Å²) in [5.74, 6) is 0.508. The first-order valence-electron chi connectivity index (χ1n) is 6.90. The summed E-state index contributed by atoms with van der Waals surface area (Å²) in [7, 11) is 0. The first-order chi connectivity index (χ1) is 8.37. The van der Waals surface area contributed by atoms with Gasteiger partial charge in [0.25, 0.3) is 0 Å². The van der Waals surface area contributed by atoms with Gasteiger partial charge in [0.2, 0.25) is 0 Å². The van der Waals surface area contributed by atoms with Crippen molar-refractivity contribution in [1.82, 2.24) is 0 Å². The summed E-state index contributed by atoms with van der Waals surface area (Å²) in [4.78, 5) is 0. The Kier molecular flexibility index (Phi) is 3.65. The van der Waals surface area contributed by atoms with Gasteiger partial charge in [-0.25, -0.2) is 4.39 Å². The Balaban J connectivity index is 2.06. The monoisotopic (exact) mass is 249 g/mol. The van der Waals surface area contributed by atoms with Gasteiger partial charge in [-0.1, -0.05) is 20.8 Å². The van der Waals surface area contributed by atoms with E-state index in [0.717, 1.165) is 11.3 Å². The van der Waals surface area contributed by atoms with Crippen LogP contribution in [0.5, 0.6) is 0 Å². The molecule has 1 saturated carbocycles. The molecule has 0 aliphatic heterocycles. The maximum atomic E-state index is 13.1. The van der Waals surface area contributed by atoms with Crippen molar-refractivity contribution in [2.45, 2.75) is 53.0 Å². The van der Waals surface area contributed by atoms with Gasteiger partial charge in [0.1, 0.15) is 5.82 Å². The minimum atomic E-state index is -0.157. The number of hydrogen-bond donors (Lipinski definition) is 1. The van der Waals surface area contributed by atoms with E-state index in [1.165, 1.54) is 25.3 Å². The van der Waals surface area contributed by atoms with Crippen LogP contribution < -0.4 is 5.32 Å². The molecule has 100 valence electrons. The van der Waals surface area contributed by atoms with Gasteiger partial charge in [0, 0.05) is 11.7 Å². The minimum absolute atomic E-state index is 0.157. The van der Waals surface area contributed by atoms with Gasteiger partial charge >= 0.3 is 0 Å². The van der Waals surface area contributed by atoms with E-state index in [1.54, 1.807) is 6.07 Å². The van der Waals surface area contributed by atoms with Crippen molar-refractivity contribution in [2.75, 3.05) is 5.32 Å². The second-order valence-corrected chi connectivity index (χ2v) is 6.59. The highest BCUT2D eigenvalue weighted by molar-refractivity contribution is 5.51. The smallest absolute Gasteiger partial charge is 0.123 e. The van der Waals surface area contributed by atoms with Crippen LogP contribution in [0.15, 0.2) is 18.2 Å². The fraction of sp³-hybridized carbons (Fsp3) is 0.625. The second kappa shape index (κ2) is 4.91. The largest absolute Gasteiger partial charge is 0.382 e. The lowest BCUT2D eigenvalue weighted by Crippen LogP contribution is -2.37. The molecular weight excluding hydrogens is 225 g/mol. The Morgan fingerprint density at radius 3 is 2.67 bits per heavy atom. The number of nitrogens with one attached hydrogen (secondary N) is 1. The van der Waals surface area contributed by atoms with E-state index in [9.17, 15) is 4.39 Å². The number of anilines is 1. The van der Waals surface area contributed by atoms with Crippen LogP contribution in [0.3, 0.4) is 0 Å². The molecule has 2 atom stereocenters. The number of halogens is 1. The highest BCUT2D eigenvalue weighted by Gasteiger charge is 2.32. The van der Waals surface area contributed by atoms with Crippen molar-refractivity contribution >= 4 is 5.69 Å². The molecule has 1 aliphatic carbocycles. The minimum Gasteiger partial charge on any atom is -0.382 e. The van der Waals surface area contributed by atoms with Crippen LogP contribution in [-0.2, 0) is 0 Å². The average Bonchev–Trinajstić information content (AvgIpc) is 2.24. The maximum Gasteiger partial charge on any atom is 0.123 e. The van der Waals surface area contributed by atoms with Gasteiger partial charge in [-0.3, -0.25) is 0 Å². The van der Waals surface area contributed by atoms with E-state index in [2.05, 4.69) is 26.1 Å². The molecule has 2 rings (SSSR count). The summed E-state index contributed by atoms with van der Waals surface area (Å²) in [5, 5.41) is 3.60. The first kappa shape index (κ1) is 13.4. The van der Waals surface area contributed by atoms with Crippen molar-refractivity contribution in [2.24, 2.45) is 11.3 Å². The van der Waals surface area contributed by atoms with Crippen LogP contribution in [0.1, 0.15) is 45.6 Å². The van der Waals surface area contributed by atoms with Gasteiger partial charge in [0.15, 0.2) is 0 Å². The van der Waals surface area contributed by atoms with E-state index in [-0.39, 0.29) is 5.82 Å². The summed E-state index contributed by atoms with van der Waals surface area (Å²) in [6.45, 7) is 8.98. The fourth-order valence-corrected chi connectivity index (χ4v) is 3.15. The zero-order valence-electron chi connectivity index (χ0n) is 11.9. The molecule has 0 saturated heterocycles. The summed E-state index contributed by atoms with van der Waals surface area (Å²) in [5.41, 5.74) is 2.54. The van der Waals surface area contributed by atoms with Crippen molar-refractivity contribution in [1.29, 1.82) is 0 Å². The summed E-state index contributed by atoms with van der Waals surface area (Å²) in [6.07, 6.45) is 3.71. The Bertz CT molecular complexity index is 425. The van der Waals surface area contributed by atoms with Crippen LogP contribution in [0.4, 0.5) is 10.1 Å². The summed E-state index contributed by atoms with van der Waals surface area (Å²) in [6, 6.07) is 5.51. The summed E-state index contributed by atoms with van der Waals surface area (Å²) >= 11 is 0. The lowest BCUT2D eigenvalue weighted by Gasteiger charge is -2.40. The topological polar surface area (TPSA) is 12.0 Å². The molecule has 0 aromatic heterocycles. The molecule has 18 heavy (non-hydrogen) atoms. The predicted molar refractivity (Wildman–Crippen MR) is 75.3 cm³/mol. The number of benzene rings is 1. The van der Waals surface area contributed by atoms with Gasteiger partial charge in [-0.2, -0.15) is 0 Å². The van der Waals surface area contributed by atoms with Crippen molar-refractivity contribution in [3.63, 3.8) is 0 Å². The van der Waals surface area contributed by atoms with Gasteiger partial charge in [-0.05, 0) is 61.3 Å². The Morgan fingerprint density at radius 2 is 2.06 bits per heavy atom. The standard InChI is InChI=1S/C16H24FN/c1-11-9-13(17)5-6-14(11)18-15-7-8-16(3,4)10-12(15)2/h5-6,9,12,15,18H,7-8,10H2,1-4H3. The highest BCUT2D eigenvalue weighted by Crippen LogP contribution is 2.39. The average molecular weight is 249 g/mol. The second-order valence-electron chi connectivity index (χ2n) is 6.59. The molecule has 0 radical (unpaired) electrons. The van der Waals surface area contributed by atoms with Gasteiger partial charge in [0.05, 0.1) is 0 Å². The lowest BCUT2D eigenvalue weighted by atomic mass is 9.70. The molecule has 0 bridgehead atoms. The molecule has 1 aromatic rings. The third kappa shape index (κ3) is 3.04. The van der Waals surface area contributed by atoms with Crippen LogP contribution >= 0.6 is 0 Å². The number of hydrogen-bond acceptors (Lipinski definition) is 1. The Hall–Kier alpha value is -1.05. The zero-order chi connectivity index (χ0) is 13.3. The molecule has 1 fully saturated rings. The van der Waals surface area contributed by atoms with Gasteiger partial charge in [-0.15, -0.1) is 0 Å². The maximum absolute atomic E-state index is 13.1. The molecule has 1 aliphatic rings. The van der Waals surface area contributed by atoms with E-state index < -0.39 is 0 Å². The Labute approximate surface area is 110 Å². The molecule has 1 aromatic carbocycles. The normalized spacial score (nSPS) is 26.9. The number of rotatable bonds is 2. The molecule has 0 heterocycles. The third-order valence-corrected chi connectivity index (χ3v) is 4.22. The van der Waals surface area contributed by atoms with Crippen molar-refractivity contribution < 1.29 is 4.39 Å². The predicted octanol–water partition coefficient (Wildman–Crippen LogP) is 4.76. The molecule has 1 nitrogen and oxygen atoms in total. The zero-order valence-corrected chi connectivity index (χ0v) is 11.9. The molecule has 0 amide bonds. The van der Waals surface area contributed by atoms with E-state index >= 15 is 0 Å². The highest BCUT2D eigenvalue weighted by atomic mass is 19.1. The van der Waals surface area contributed by atoms with Crippen LogP contribution in [0.25, 0.3) is 0 Å². The van der Waals surface area contributed by atoms with E-state index in [1.807, 2.05) is 13.0 Å². The SMILES string of the molecule is Cc1cc(F)ccc1NC1CCC(C)(C)CC1C. The van der Waals surface area contributed by atoms with Crippen molar-refractivity contribution in [3.05, 3.63) is 29.6 Å². The number of aryl methyl sites for hydroxylation is 1.